The Balaban J connectivity index is 0.00000442. The van der Waals surface area contributed by atoms with Crippen LogP contribution in [0, 0.1) is 5.82 Å². The fourth-order valence-electron chi connectivity index (χ4n) is 5.56. The molecule has 2 aliphatic heterocycles. The lowest BCUT2D eigenvalue weighted by Crippen LogP contribution is -2.47. The molecule has 15 heteroatoms. The molecule has 2 fully saturated rings. The van der Waals surface area contributed by atoms with Gasteiger partial charge in [0, 0.05) is 61.8 Å². The molecule has 1 aromatic carbocycles. The number of nitrogens with zero attached hydrogens (tertiary/aromatic N) is 6. The van der Waals surface area contributed by atoms with Crippen molar-refractivity contribution in [2.24, 2.45) is 0 Å². The van der Waals surface area contributed by atoms with Crippen molar-refractivity contribution in [1.29, 1.82) is 0 Å². The average Bonchev–Trinajstić information content (AvgIpc) is 3.51. The number of hydrogen-bond acceptors (Lipinski definition) is 9. The van der Waals surface area contributed by atoms with Gasteiger partial charge < -0.3 is 15.3 Å². The third kappa shape index (κ3) is 7.59. The van der Waals surface area contributed by atoms with Crippen molar-refractivity contribution in [2.75, 3.05) is 42.9 Å². The minimum atomic E-state index is -4.63. The molecule has 2 atom stereocenters. The summed E-state index contributed by atoms with van der Waals surface area (Å²) in [5.41, 5.74) is -0.314. The van der Waals surface area contributed by atoms with Gasteiger partial charge in [0.05, 0.1) is 22.7 Å². The van der Waals surface area contributed by atoms with Gasteiger partial charge in [-0.3, -0.25) is 14.6 Å². The molecule has 0 bridgehead atoms. The highest BCUT2D eigenvalue weighted by Gasteiger charge is 2.34. The molecule has 5 rings (SSSR count). The minimum Gasteiger partial charge on any atom is -0.481 e. The van der Waals surface area contributed by atoms with Crippen molar-refractivity contribution in [2.45, 2.75) is 65.3 Å². The van der Waals surface area contributed by atoms with E-state index in [4.69, 9.17) is 16.7 Å². The van der Waals surface area contributed by atoms with Gasteiger partial charge in [0.1, 0.15) is 6.33 Å². The molecule has 0 amide bonds. The summed E-state index contributed by atoms with van der Waals surface area (Å²) < 4.78 is 56.8. The Hall–Kier alpha value is -3.07. The third-order valence-corrected chi connectivity index (χ3v) is 9.30. The van der Waals surface area contributed by atoms with E-state index in [9.17, 15) is 18.0 Å². The first-order valence-corrected chi connectivity index (χ1v) is 15.2. The second kappa shape index (κ2) is 13.9. The number of aromatic nitrogens is 3. The number of carbonyl (C=O) groups is 1. The Labute approximate surface area is 262 Å². The quantitative estimate of drug-likeness (QED) is 0.242. The van der Waals surface area contributed by atoms with Gasteiger partial charge in [0.25, 0.3) is 0 Å². The van der Waals surface area contributed by atoms with Crippen molar-refractivity contribution in [3.63, 3.8) is 0 Å². The molecule has 9 nitrogen and oxygen atoms in total. The molecule has 44 heavy (non-hydrogen) atoms. The van der Waals surface area contributed by atoms with Crippen LogP contribution in [0.5, 0.6) is 0 Å². The second-order valence-corrected chi connectivity index (χ2v) is 12.4. The number of carboxylic acids is 1. The van der Waals surface area contributed by atoms with Crippen LogP contribution in [0.4, 0.5) is 34.3 Å². The number of thiazole rings is 1. The van der Waals surface area contributed by atoms with Crippen LogP contribution in [0.3, 0.4) is 0 Å². The fourth-order valence-corrected chi connectivity index (χ4v) is 6.78. The molecule has 3 aromatic rings. The van der Waals surface area contributed by atoms with Crippen LogP contribution in [0.2, 0.25) is 5.02 Å². The summed E-state index contributed by atoms with van der Waals surface area (Å²) in [6.07, 6.45) is -1.32. The first kappa shape index (κ1) is 33.8. The number of rotatable bonds is 9. The predicted octanol–water partition coefficient (Wildman–Crippen LogP) is 6.76. The Morgan fingerprint density at radius 3 is 2.45 bits per heavy atom. The molecule has 2 N–H and O–H groups in total. The van der Waals surface area contributed by atoms with Crippen LogP contribution in [-0.2, 0) is 17.5 Å². The van der Waals surface area contributed by atoms with Crippen molar-refractivity contribution in [1.82, 2.24) is 24.8 Å². The number of anilines is 3. The SMILES string of the molecule is C.C[C@@H]1CC[C@@H](C)N1Cc1sc(Nc2ncnc(N3CCN(CCC(=O)O)CC3)c2F)nc1-c1ccc(Cl)c(C(F)(F)F)c1. The second-order valence-electron chi connectivity index (χ2n) is 10.9. The van der Waals surface area contributed by atoms with Gasteiger partial charge in [-0.2, -0.15) is 17.6 Å². The number of alkyl halides is 3. The Morgan fingerprint density at radius 1 is 1.14 bits per heavy atom. The van der Waals surface area contributed by atoms with Gasteiger partial charge in [-0.15, -0.1) is 0 Å². The lowest BCUT2D eigenvalue weighted by Gasteiger charge is -2.35. The largest absolute Gasteiger partial charge is 0.481 e. The number of piperazine rings is 1. The molecule has 0 unspecified atom stereocenters. The smallest absolute Gasteiger partial charge is 0.417 e. The van der Waals surface area contributed by atoms with Crippen LogP contribution in [0.15, 0.2) is 24.5 Å². The Bertz CT molecular complexity index is 1460. The van der Waals surface area contributed by atoms with Gasteiger partial charge in [0.15, 0.2) is 16.8 Å². The summed E-state index contributed by atoms with van der Waals surface area (Å²) in [5.74, 6) is -1.53. The van der Waals surface area contributed by atoms with E-state index in [1.165, 1.54) is 29.8 Å². The summed E-state index contributed by atoms with van der Waals surface area (Å²) in [7, 11) is 0. The monoisotopic (exact) mass is 657 g/mol. The van der Waals surface area contributed by atoms with E-state index in [1.807, 2.05) is 4.90 Å². The first-order chi connectivity index (χ1) is 20.4. The van der Waals surface area contributed by atoms with E-state index in [1.54, 1.807) is 4.90 Å². The summed E-state index contributed by atoms with van der Waals surface area (Å²) in [6.45, 7) is 7.19. The summed E-state index contributed by atoms with van der Waals surface area (Å²) >= 11 is 7.13. The number of benzene rings is 1. The van der Waals surface area contributed by atoms with E-state index in [2.05, 4.69) is 39.0 Å². The number of carboxylic acid groups (broad SMARTS) is 1. The number of halogens is 5. The molecular formula is C29H36ClF4N7O2S. The van der Waals surface area contributed by atoms with Crippen molar-refractivity contribution >= 4 is 45.7 Å². The van der Waals surface area contributed by atoms with Crippen molar-refractivity contribution in [3.05, 3.63) is 45.8 Å². The highest BCUT2D eigenvalue weighted by Crippen LogP contribution is 2.41. The molecule has 0 saturated carbocycles. The molecule has 0 radical (unpaired) electrons. The molecular weight excluding hydrogens is 622 g/mol. The van der Waals surface area contributed by atoms with Gasteiger partial charge in [-0.1, -0.05) is 36.4 Å². The Morgan fingerprint density at radius 2 is 1.82 bits per heavy atom. The van der Waals surface area contributed by atoms with E-state index in [0.29, 0.717) is 57.0 Å². The number of hydrogen-bond donors (Lipinski definition) is 2. The van der Waals surface area contributed by atoms with Crippen molar-refractivity contribution < 1.29 is 27.5 Å². The van der Waals surface area contributed by atoms with Gasteiger partial charge >= 0.3 is 12.1 Å². The molecule has 0 spiro atoms. The summed E-state index contributed by atoms with van der Waals surface area (Å²) in [5, 5.41) is 11.8. The molecule has 4 heterocycles. The lowest BCUT2D eigenvalue weighted by atomic mass is 10.1. The summed E-state index contributed by atoms with van der Waals surface area (Å²) in [6, 6.07) is 4.32. The maximum absolute atomic E-state index is 15.7. The first-order valence-electron chi connectivity index (χ1n) is 14.0. The number of likely N-dealkylation sites (tertiary alicyclic amines) is 1. The maximum atomic E-state index is 15.7. The zero-order chi connectivity index (χ0) is 30.9. The van der Waals surface area contributed by atoms with E-state index in [-0.39, 0.29) is 36.2 Å². The average molecular weight is 658 g/mol. The van der Waals surface area contributed by atoms with Crippen LogP contribution in [0.1, 0.15) is 51.0 Å². The predicted molar refractivity (Wildman–Crippen MR) is 164 cm³/mol. The normalized spacial score (nSPS) is 19.7. The van der Waals surface area contributed by atoms with Crippen LogP contribution >= 0.6 is 22.9 Å². The third-order valence-electron chi connectivity index (χ3n) is 8.01. The highest BCUT2D eigenvalue weighted by atomic mass is 35.5. The van der Waals surface area contributed by atoms with Crippen LogP contribution in [0.25, 0.3) is 11.3 Å². The number of aliphatic carboxylic acids is 1. The molecule has 0 aliphatic carbocycles. The van der Waals surface area contributed by atoms with E-state index < -0.39 is 28.5 Å². The lowest BCUT2D eigenvalue weighted by molar-refractivity contribution is -0.138. The van der Waals surface area contributed by atoms with E-state index >= 15 is 4.39 Å². The zero-order valence-electron chi connectivity index (χ0n) is 23.7. The highest BCUT2D eigenvalue weighted by molar-refractivity contribution is 7.16. The van der Waals surface area contributed by atoms with Crippen LogP contribution < -0.4 is 10.2 Å². The maximum Gasteiger partial charge on any atom is 0.417 e. The van der Waals surface area contributed by atoms with Gasteiger partial charge in [0.2, 0.25) is 5.82 Å². The molecule has 240 valence electrons. The zero-order valence-corrected chi connectivity index (χ0v) is 25.2. The van der Waals surface area contributed by atoms with Crippen LogP contribution in [-0.4, -0.2) is 80.6 Å². The fraction of sp³-hybridized carbons (Fsp3) is 0.517. The van der Waals surface area contributed by atoms with Gasteiger partial charge in [-0.25, -0.2) is 15.0 Å². The minimum absolute atomic E-state index is 0. The van der Waals surface area contributed by atoms with Gasteiger partial charge in [-0.05, 0) is 38.8 Å². The molecule has 2 saturated heterocycles. The molecule has 2 aromatic heterocycles. The standard InChI is InChI=1S/C28H32ClF4N7O2S.CH4/c1-16-3-4-17(2)40(16)14-21-24(18-5-6-20(29)19(13-18)28(31,32)33)36-27(43-21)37-25-23(30)26(35-15-34-25)39-11-9-38(10-12-39)8-7-22(41)42;/h5-6,13,15-17H,3-4,7-12,14H2,1-2H3,(H,41,42)(H,34,35,36,37);1H4/t16-,17-;/m1./s1. The number of nitrogens with one attached hydrogen (secondary N) is 1. The molecule has 2 aliphatic rings. The van der Waals surface area contributed by atoms with Crippen molar-refractivity contribution in [3.8, 4) is 11.3 Å². The topological polar surface area (TPSA) is 97.7 Å². The van der Waals surface area contributed by atoms with E-state index in [0.717, 1.165) is 23.8 Å². The Kier molecular flexibility index (Phi) is 10.7. The summed E-state index contributed by atoms with van der Waals surface area (Å²) in [4.78, 5) is 30.5.